The molecule has 1 fully saturated rings. The van der Waals surface area contributed by atoms with Gasteiger partial charge in [-0.05, 0) is 32.3 Å². The lowest BCUT2D eigenvalue weighted by molar-refractivity contribution is 0.0683. The SMILES string of the molecule is CSc1nn(CN2CCN(C(C)c3nc(-c4ccc(C)cc4)no3)CC2)c(=S)s1. The van der Waals surface area contributed by atoms with E-state index in [-0.39, 0.29) is 6.04 Å². The Morgan fingerprint density at radius 2 is 1.93 bits per heavy atom. The Labute approximate surface area is 183 Å². The molecule has 0 N–H and O–H groups in total. The Hall–Kier alpha value is -1.59. The van der Waals surface area contributed by atoms with Gasteiger partial charge in [0.2, 0.25) is 11.7 Å². The fraction of sp³-hybridized carbons (Fsp3) is 0.474. The van der Waals surface area contributed by atoms with Crippen molar-refractivity contribution in [3.63, 3.8) is 0 Å². The van der Waals surface area contributed by atoms with Gasteiger partial charge in [-0.2, -0.15) is 10.1 Å². The van der Waals surface area contributed by atoms with Crippen LogP contribution in [0.15, 0.2) is 33.1 Å². The maximum absolute atomic E-state index is 5.57. The van der Waals surface area contributed by atoms with Crippen LogP contribution >= 0.6 is 35.3 Å². The van der Waals surface area contributed by atoms with Crippen LogP contribution in [0.5, 0.6) is 0 Å². The first-order valence-corrected chi connectivity index (χ1v) is 12.0. The number of hydrogen-bond acceptors (Lipinski definition) is 9. The summed E-state index contributed by atoms with van der Waals surface area (Å²) in [7, 11) is 0. The van der Waals surface area contributed by atoms with Gasteiger partial charge in [0.1, 0.15) is 0 Å². The summed E-state index contributed by atoms with van der Waals surface area (Å²) in [5.41, 5.74) is 2.19. The Morgan fingerprint density at radius 1 is 1.21 bits per heavy atom. The molecule has 0 aliphatic carbocycles. The molecule has 3 heterocycles. The predicted octanol–water partition coefficient (Wildman–Crippen LogP) is 4.09. The van der Waals surface area contributed by atoms with Gasteiger partial charge in [0.05, 0.1) is 12.7 Å². The van der Waals surface area contributed by atoms with Crippen molar-refractivity contribution < 1.29 is 4.52 Å². The Morgan fingerprint density at radius 3 is 2.59 bits per heavy atom. The number of thioether (sulfide) groups is 1. The molecule has 154 valence electrons. The van der Waals surface area contributed by atoms with Crippen molar-refractivity contribution in [2.75, 3.05) is 32.4 Å². The van der Waals surface area contributed by atoms with Gasteiger partial charge in [-0.1, -0.05) is 58.1 Å². The van der Waals surface area contributed by atoms with E-state index < -0.39 is 0 Å². The summed E-state index contributed by atoms with van der Waals surface area (Å²) in [6, 6.07) is 8.27. The molecule has 0 radical (unpaired) electrons. The molecular formula is C19H24N6OS3. The maximum atomic E-state index is 5.57. The maximum Gasteiger partial charge on any atom is 0.244 e. The van der Waals surface area contributed by atoms with Crippen LogP contribution in [-0.4, -0.2) is 62.2 Å². The first kappa shape index (κ1) is 20.7. The standard InChI is InChI=1S/C19H24N6OS3/c1-13-4-6-15(7-5-13)16-20-17(26-22-16)14(2)24-10-8-23(9-11-24)12-25-19(27)29-18(21-25)28-3/h4-7,14H,8-12H2,1-3H3. The van der Waals surface area contributed by atoms with Crippen LogP contribution in [-0.2, 0) is 6.67 Å². The zero-order valence-electron chi connectivity index (χ0n) is 16.7. The molecule has 2 aromatic heterocycles. The molecule has 1 aliphatic heterocycles. The molecule has 0 amide bonds. The monoisotopic (exact) mass is 448 g/mol. The van der Waals surface area contributed by atoms with Crippen LogP contribution in [0, 0.1) is 10.9 Å². The molecule has 1 unspecified atom stereocenters. The molecule has 7 nitrogen and oxygen atoms in total. The van der Waals surface area contributed by atoms with Crippen LogP contribution in [0.3, 0.4) is 0 Å². The van der Waals surface area contributed by atoms with E-state index in [0.29, 0.717) is 11.7 Å². The van der Waals surface area contributed by atoms with Gasteiger partial charge >= 0.3 is 0 Å². The van der Waals surface area contributed by atoms with E-state index in [9.17, 15) is 0 Å². The number of hydrogen-bond donors (Lipinski definition) is 0. The highest BCUT2D eigenvalue weighted by atomic mass is 32.2. The van der Waals surface area contributed by atoms with E-state index in [1.165, 1.54) is 5.56 Å². The molecular weight excluding hydrogens is 424 g/mol. The highest BCUT2D eigenvalue weighted by Crippen LogP contribution is 2.24. The molecule has 3 aromatic rings. The van der Waals surface area contributed by atoms with Gasteiger partial charge in [0, 0.05) is 31.7 Å². The fourth-order valence-electron chi connectivity index (χ4n) is 3.32. The zero-order valence-corrected chi connectivity index (χ0v) is 19.2. The molecule has 10 heteroatoms. The van der Waals surface area contributed by atoms with Gasteiger partial charge < -0.3 is 4.52 Å². The molecule has 1 aromatic carbocycles. The molecule has 0 saturated carbocycles. The third-order valence-corrected chi connectivity index (χ3v) is 7.44. The molecule has 29 heavy (non-hydrogen) atoms. The van der Waals surface area contributed by atoms with Gasteiger partial charge in [-0.3, -0.25) is 9.80 Å². The van der Waals surface area contributed by atoms with Crippen molar-refractivity contribution in [2.45, 2.75) is 30.9 Å². The van der Waals surface area contributed by atoms with Gasteiger partial charge in [0.15, 0.2) is 8.29 Å². The molecule has 1 atom stereocenters. The minimum Gasteiger partial charge on any atom is -0.337 e. The molecule has 0 spiro atoms. The summed E-state index contributed by atoms with van der Waals surface area (Å²) in [6.07, 6.45) is 2.03. The van der Waals surface area contributed by atoms with E-state index in [1.807, 2.05) is 23.1 Å². The van der Waals surface area contributed by atoms with E-state index >= 15 is 0 Å². The average Bonchev–Trinajstić information content (AvgIpc) is 3.36. The number of aromatic nitrogens is 4. The van der Waals surface area contributed by atoms with Crippen molar-refractivity contribution in [1.29, 1.82) is 0 Å². The summed E-state index contributed by atoms with van der Waals surface area (Å²) >= 11 is 8.64. The topological polar surface area (TPSA) is 63.2 Å². The van der Waals surface area contributed by atoms with Crippen molar-refractivity contribution in [1.82, 2.24) is 29.7 Å². The third kappa shape index (κ3) is 4.77. The second kappa shape index (κ2) is 9.05. The van der Waals surface area contributed by atoms with Crippen molar-refractivity contribution >= 4 is 35.3 Å². The summed E-state index contributed by atoms with van der Waals surface area (Å²) in [5, 5.41) is 8.74. The fourth-order valence-corrected chi connectivity index (χ4v) is 5.06. The van der Waals surface area contributed by atoms with Gasteiger partial charge in [-0.15, -0.1) is 0 Å². The molecule has 0 bridgehead atoms. The highest BCUT2D eigenvalue weighted by molar-refractivity contribution is 8.00. The smallest absolute Gasteiger partial charge is 0.244 e. The number of nitrogens with zero attached hydrogens (tertiary/aromatic N) is 6. The highest BCUT2D eigenvalue weighted by Gasteiger charge is 2.26. The second-order valence-electron chi connectivity index (χ2n) is 7.13. The van der Waals surface area contributed by atoms with Crippen molar-refractivity contribution in [3.05, 3.63) is 39.7 Å². The summed E-state index contributed by atoms with van der Waals surface area (Å²) in [5.74, 6) is 1.31. The quantitative estimate of drug-likeness (QED) is 0.413. The lowest BCUT2D eigenvalue weighted by atomic mass is 10.1. The minimum absolute atomic E-state index is 0.0911. The summed E-state index contributed by atoms with van der Waals surface area (Å²) < 4.78 is 9.35. The van der Waals surface area contributed by atoms with E-state index in [4.69, 9.17) is 16.7 Å². The molecule has 1 saturated heterocycles. The predicted molar refractivity (Wildman–Crippen MR) is 119 cm³/mol. The van der Waals surface area contributed by atoms with Crippen LogP contribution in [0.25, 0.3) is 11.4 Å². The van der Waals surface area contributed by atoms with Crippen LogP contribution in [0.2, 0.25) is 0 Å². The van der Waals surface area contributed by atoms with Crippen LogP contribution < -0.4 is 0 Å². The second-order valence-corrected chi connectivity index (χ2v) is 9.81. The Bertz CT molecular complexity index is 1000. The Kier molecular flexibility index (Phi) is 6.45. The van der Waals surface area contributed by atoms with Crippen molar-refractivity contribution in [2.24, 2.45) is 0 Å². The number of piperazine rings is 1. The van der Waals surface area contributed by atoms with Gasteiger partial charge in [0.25, 0.3) is 0 Å². The summed E-state index contributed by atoms with van der Waals surface area (Å²) in [6.45, 7) is 8.73. The van der Waals surface area contributed by atoms with Gasteiger partial charge in [-0.25, -0.2) is 4.68 Å². The van der Waals surface area contributed by atoms with Crippen LogP contribution in [0.4, 0.5) is 0 Å². The number of rotatable bonds is 6. The van der Waals surface area contributed by atoms with Crippen LogP contribution in [0.1, 0.15) is 24.4 Å². The first-order valence-electron chi connectivity index (χ1n) is 9.52. The van der Waals surface area contributed by atoms with Crippen molar-refractivity contribution in [3.8, 4) is 11.4 Å². The Balaban J connectivity index is 1.35. The average molecular weight is 449 g/mol. The number of benzene rings is 1. The third-order valence-electron chi connectivity index (χ3n) is 5.16. The number of aryl methyl sites for hydroxylation is 1. The van der Waals surface area contributed by atoms with E-state index in [2.05, 4.69) is 51.0 Å². The minimum atomic E-state index is 0.0911. The summed E-state index contributed by atoms with van der Waals surface area (Å²) in [4.78, 5) is 9.40. The zero-order chi connectivity index (χ0) is 20.4. The largest absolute Gasteiger partial charge is 0.337 e. The molecule has 4 rings (SSSR count). The van der Waals surface area contributed by atoms with E-state index in [1.54, 1.807) is 23.1 Å². The lowest BCUT2D eigenvalue weighted by Gasteiger charge is -2.36. The molecule has 1 aliphatic rings. The first-order chi connectivity index (χ1) is 14.0. The lowest BCUT2D eigenvalue weighted by Crippen LogP contribution is -2.47. The van der Waals surface area contributed by atoms with E-state index in [0.717, 1.165) is 46.7 Å². The normalized spacial score (nSPS) is 16.9.